The monoisotopic (exact) mass is 1100 g/mol. The van der Waals surface area contributed by atoms with Crippen LogP contribution in [0, 0.1) is 5.92 Å². The van der Waals surface area contributed by atoms with Crippen molar-refractivity contribution >= 4 is 89.3 Å². The molecule has 1 unspecified atom stereocenters. The van der Waals surface area contributed by atoms with E-state index in [0.717, 1.165) is 28.0 Å². The summed E-state index contributed by atoms with van der Waals surface area (Å²) >= 11 is 1.15. The smallest absolute Gasteiger partial charge is 0.327 e. The van der Waals surface area contributed by atoms with Crippen LogP contribution in [-0.4, -0.2) is 189 Å². The minimum absolute atomic E-state index is 0.00526. The van der Waals surface area contributed by atoms with Crippen molar-refractivity contribution in [1.29, 1.82) is 0 Å². The molecule has 0 fully saturated rings. The van der Waals surface area contributed by atoms with Gasteiger partial charge < -0.3 is 66.7 Å². The number of carboxylic acids is 5. The number of hydrogen-bond acceptors (Lipinski definition) is 16. The van der Waals surface area contributed by atoms with Crippen molar-refractivity contribution in [2.75, 3.05) is 39.7 Å². The fourth-order valence-corrected chi connectivity index (χ4v) is 8.36. The Bertz CT molecular complexity index is 2130. The Hall–Kier alpha value is -7.16. The number of thioether (sulfide) groups is 1. The van der Waals surface area contributed by atoms with Crippen LogP contribution in [0.5, 0.6) is 0 Å². The average Bonchev–Trinajstić information content (AvgIpc) is 3.36. The van der Waals surface area contributed by atoms with Crippen LogP contribution < -0.4 is 26.6 Å². The van der Waals surface area contributed by atoms with Gasteiger partial charge in [0.25, 0.3) is 6.47 Å². The summed E-state index contributed by atoms with van der Waals surface area (Å²) in [5.41, 5.74) is 0.698. The van der Waals surface area contributed by atoms with Crippen molar-refractivity contribution in [3.8, 4) is 0 Å². The van der Waals surface area contributed by atoms with Crippen LogP contribution in [0.3, 0.4) is 0 Å². The number of carbonyl (C=O) groups is 13. The van der Waals surface area contributed by atoms with Crippen LogP contribution in [0.25, 0.3) is 0 Å². The average molecular weight is 1100 g/mol. The number of rotatable bonds is 42. The number of amides is 6. The van der Waals surface area contributed by atoms with E-state index >= 15 is 0 Å². The van der Waals surface area contributed by atoms with Crippen molar-refractivity contribution in [3.63, 3.8) is 0 Å². The molecule has 1 aromatic rings. The Morgan fingerprint density at radius 2 is 1.24 bits per heavy atom. The summed E-state index contributed by atoms with van der Waals surface area (Å²) in [4.78, 5) is 162. The van der Waals surface area contributed by atoms with E-state index in [0.29, 0.717) is 37.7 Å². The number of ketones is 2. The van der Waals surface area contributed by atoms with Crippen molar-refractivity contribution in [3.05, 3.63) is 35.9 Å². The van der Waals surface area contributed by atoms with Crippen molar-refractivity contribution in [1.82, 2.24) is 36.4 Å². The maximum absolute atomic E-state index is 13.7. The lowest BCUT2D eigenvalue weighted by Crippen LogP contribution is -2.58. The Morgan fingerprint density at radius 1 is 0.618 bits per heavy atom. The Balaban J connectivity index is 2.73. The Labute approximate surface area is 444 Å². The molecule has 1 rings (SSSR count). The zero-order valence-corrected chi connectivity index (χ0v) is 44.0. The number of carbonyl (C=O) groups excluding carboxylic acids is 8. The van der Waals surface area contributed by atoms with Gasteiger partial charge in [0.05, 0.1) is 24.8 Å². The number of ether oxygens (including phenoxy) is 1. The van der Waals surface area contributed by atoms with Gasteiger partial charge in [-0.2, -0.15) is 11.8 Å². The normalized spacial score (nSPS) is 13.6. The number of nitrogens with zero attached hydrogens (tertiary/aromatic N) is 2. The van der Waals surface area contributed by atoms with Crippen LogP contribution in [0.4, 0.5) is 4.79 Å². The summed E-state index contributed by atoms with van der Waals surface area (Å²) in [6.07, 6.45) is 1.23. The second-order valence-electron chi connectivity index (χ2n) is 17.9. The van der Waals surface area contributed by atoms with Gasteiger partial charge in [-0.25, -0.2) is 14.4 Å². The molecule has 27 heteroatoms. The fraction of sp³-hybridized carbons (Fsp3) is 0.612. The first kappa shape index (κ1) is 66.9. The highest BCUT2D eigenvalue weighted by Gasteiger charge is 2.38. The molecule has 1 aromatic carbocycles. The first-order valence-electron chi connectivity index (χ1n) is 24.6. The first-order chi connectivity index (χ1) is 35.9. The summed E-state index contributed by atoms with van der Waals surface area (Å²) in [5, 5.41) is 59.8. The maximum Gasteiger partial charge on any atom is 0.327 e. The molecule has 0 aliphatic heterocycles. The lowest BCUT2D eigenvalue weighted by atomic mass is 9.91. The Kier molecular flexibility index (Phi) is 32.3. The lowest BCUT2D eigenvalue weighted by Gasteiger charge is -2.34. The van der Waals surface area contributed by atoms with Crippen LogP contribution in [-0.2, 0) is 68.7 Å². The highest BCUT2D eigenvalue weighted by atomic mass is 32.2. The van der Waals surface area contributed by atoms with Crippen molar-refractivity contribution in [2.24, 2.45) is 5.92 Å². The lowest BCUT2D eigenvalue weighted by molar-refractivity contribution is -0.154. The SMILES string of the molecule is CN[C@@H](CNC(=O)CC[C@H](CC(=O)[C@H](Cc1ccccc1)NC(=O)CCCCCCCCC(=O)CC[C@H](NC(=O)N[C@@H](CCC(=O)O)OC=O)C(=O)O)C(=O)O)C(=O)N(C)C(CC(=O)O)C(=O)N(C)[C@@H](CSC)C(=O)O. The first-order valence-corrected chi connectivity index (χ1v) is 26.0. The highest BCUT2D eigenvalue weighted by Crippen LogP contribution is 2.18. The molecule has 424 valence electrons. The summed E-state index contributed by atoms with van der Waals surface area (Å²) in [5.74, 6) is -11.7. The molecule has 0 heterocycles. The molecule has 0 bridgehead atoms. The number of hydrogen-bond donors (Lipinski definition) is 10. The van der Waals surface area contributed by atoms with E-state index in [2.05, 4.69) is 31.3 Å². The summed E-state index contributed by atoms with van der Waals surface area (Å²) < 4.78 is 4.61. The predicted octanol–water partition coefficient (Wildman–Crippen LogP) is 1.02. The van der Waals surface area contributed by atoms with Gasteiger partial charge in [-0.15, -0.1) is 0 Å². The van der Waals surface area contributed by atoms with Gasteiger partial charge in [0, 0.05) is 64.9 Å². The van der Waals surface area contributed by atoms with Crippen molar-refractivity contribution < 1.29 is 92.6 Å². The molecule has 7 atom stereocenters. The van der Waals surface area contributed by atoms with Crippen LogP contribution >= 0.6 is 11.8 Å². The van der Waals surface area contributed by atoms with Gasteiger partial charge in [0.1, 0.15) is 30.0 Å². The van der Waals surface area contributed by atoms with Gasteiger partial charge in [-0.1, -0.05) is 56.0 Å². The standard InChI is InChI=1S/C49H73N7O19S/c1-50-35(44(66)55(2)36(26-43(64)65)45(67)56(3)37(28-76-4)48(72)73)27-51-39(60)21-18-31(46(68)69)25-38(59)34(24-30-14-10-9-11-15-30)52-40(61)17-13-8-6-5-7-12-16-32(58)19-20-33(47(70)71)53-49(74)54-41(75-29-57)22-23-42(62)63/h9-11,14-15,29,31,33-37,41,50H,5-8,12-13,16-28H2,1-4H3,(H,51,60)(H,52,61)(H,62,63)(H,64,65)(H,68,69)(H,70,71)(H,72,73)(H2,53,54,74)/t31-,33+,34+,35+,36?,37+,41-/m1/s1. The molecule has 0 aliphatic carbocycles. The van der Waals surface area contributed by atoms with E-state index in [4.69, 9.17) is 5.11 Å². The molecular weight excluding hydrogens is 1020 g/mol. The van der Waals surface area contributed by atoms with E-state index in [9.17, 15) is 82.8 Å². The largest absolute Gasteiger partial charge is 0.481 e. The predicted molar refractivity (Wildman–Crippen MR) is 271 cm³/mol. The fourth-order valence-electron chi connectivity index (χ4n) is 7.68. The van der Waals surface area contributed by atoms with Gasteiger partial charge >= 0.3 is 35.9 Å². The number of nitrogens with one attached hydrogen (secondary N) is 5. The molecule has 0 saturated carbocycles. The molecule has 0 aliphatic rings. The quantitative estimate of drug-likeness (QED) is 0.0248. The number of unbranched alkanes of at least 4 members (excludes halogenated alkanes) is 5. The van der Waals surface area contributed by atoms with E-state index in [1.54, 1.807) is 36.6 Å². The van der Waals surface area contributed by atoms with Crippen molar-refractivity contribution in [2.45, 2.75) is 146 Å². The zero-order valence-electron chi connectivity index (χ0n) is 43.2. The van der Waals surface area contributed by atoms with Crippen LogP contribution in [0.1, 0.15) is 108 Å². The molecule has 76 heavy (non-hydrogen) atoms. The topological polar surface area (TPSA) is 399 Å². The third-order valence-corrected chi connectivity index (χ3v) is 12.8. The summed E-state index contributed by atoms with van der Waals surface area (Å²) in [6.45, 7) is -0.364. The minimum atomic E-state index is -1.60. The molecule has 0 saturated heterocycles. The van der Waals surface area contributed by atoms with E-state index in [1.807, 2.05) is 0 Å². The van der Waals surface area contributed by atoms with Gasteiger partial charge in [-0.3, -0.25) is 47.9 Å². The zero-order chi connectivity index (χ0) is 57.3. The second kappa shape index (κ2) is 36.7. The molecule has 10 N–H and O–H groups in total. The van der Waals surface area contributed by atoms with Crippen LogP contribution in [0.15, 0.2) is 30.3 Å². The number of urea groups is 1. The number of benzene rings is 1. The Morgan fingerprint density at radius 3 is 1.79 bits per heavy atom. The van der Waals surface area contributed by atoms with E-state index in [-0.39, 0.29) is 75.9 Å². The summed E-state index contributed by atoms with van der Waals surface area (Å²) in [7, 11) is 3.74. The number of likely N-dealkylation sites (N-methyl/N-ethyl adjacent to an activating group) is 3. The van der Waals surface area contributed by atoms with Crippen LogP contribution in [0.2, 0.25) is 0 Å². The minimum Gasteiger partial charge on any atom is -0.481 e. The third-order valence-electron chi connectivity index (χ3n) is 12.1. The second-order valence-corrected chi connectivity index (χ2v) is 18.8. The third kappa shape index (κ3) is 26.9. The summed E-state index contributed by atoms with van der Waals surface area (Å²) in [6, 6.07) is 1.06. The molecular formula is C49H73N7O19S. The number of carboxylic acid groups (broad SMARTS) is 5. The molecule has 0 spiro atoms. The molecule has 0 radical (unpaired) electrons. The molecule has 26 nitrogen and oxygen atoms in total. The van der Waals surface area contributed by atoms with Gasteiger partial charge in [0.2, 0.25) is 23.6 Å². The van der Waals surface area contributed by atoms with E-state index in [1.165, 1.54) is 21.1 Å². The van der Waals surface area contributed by atoms with Gasteiger partial charge in [-0.05, 0) is 51.0 Å². The maximum atomic E-state index is 13.7. The number of aliphatic carboxylic acids is 5. The number of Topliss-reactive ketones (excluding diaryl/α,β-unsaturated/α-hetero) is 2. The van der Waals surface area contributed by atoms with E-state index < -0.39 is 127 Å². The molecule has 6 amide bonds. The molecule has 0 aromatic heterocycles. The van der Waals surface area contributed by atoms with Gasteiger partial charge in [0.15, 0.2) is 12.0 Å². The highest BCUT2D eigenvalue weighted by molar-refractivity contribution is 7.98.